The van der Waals surface area contributed by atoms with Gasteiger partial charge in [-0.1, -0.05) is 18.2 Å². The van der Waals surface area contributed by atoms with Crippen molar-refractivity contribution in [2.75, 3.05) is 12.5 Å². The van der Waals surface area contributed by atoms with Gasteiger partial charge in [-0.05, 0) is 18.6 Å². The van der Waals surface area contributed by atoms with Gasteiger partial charge in [0.25, 0.3) is 0 Å². The third-order valence-corrected chi connectivity index (χ3v) is 1.40. The molecule has 0 unspecified atom stereocenters. The number of hydrogen-bond acceptors (Lipinski definition) is 2. The maximum atomic E-state index is 3.03. The fourth-order valence-electron chi connectivity index (χ4n) is 0.848. The van der Waals surface area contributed by atoms with Crippen LogP contribution in [0.5, 0.6) is 0 Å². The molecule has 0 radical (unpaired) electrons. The molecule has 0 amide bonds. The zero-order chi connectivity index (χ0) is 7.40. The Bertz CT molecular complexity index is 213. The van der Waals surface area contributed by atoms with E-state index in [1.54, 1.807) is 0 Å². The number of hydrogen-bond donors (Lipinski definition) is 2. The molecule has 62 valence electrons. The van der Waals surface area contributed by atoms with Gasteiger partial charge in [0.05, 0.1) is 5.69 Å². The second-order valence-corrected chi connectivity index (χ2v) is 2.19. The predicted molar refractivity (Wildman–Crippen MR) is 51.1 cm³/mol. The summed E-state index contributed by atoms with van der Waals surface area (Å²) < 4.78 is 0. The van der Waals surface area contributed by atoms with Gasteiger partial charge in [0.15, 0.2) is 0 Å². The molecular formula is C8H13ClN2. The first-order chi connectivity index (χ1) is 4.84. The molecule has 0 atom stereocenters. The lowest BCUT2D eigenvalue weighted by Gasteiger charge is -2.05. The molecule has 0 spiro atoms. The first-order valence-corrected chi connectivity index (χ1v) is 3.33. The minimum Gasteiger partial charge on any atom is -0.321 e. The van der Waals surface area contributed by atoms with E-state index in [0.29, 0.717) is 0 Å². The molecule has 0 bridgehead atoms. The summed E-state index contributed by atoms with van der Waals surface area (Å²) in [6.45, 7) is 2.07. The minimum atomic E-state index is 0. The van der Waals surface area contributed by atoms with E-state index in [9.17, 15) is 0 Å². The molecular weight excluding hydrogens is 160 g/mol. The Labute approximate surface area is 73.4 Å². The number of anilines is 1. The van der Waals surface area contributed by atoms with E-state index in [0.717, 1.165) is 5.69 Å². The topological polar surface area (TPSA) is 24.1 Å². The Morgan fingerprint density at radius 3 is 2.36 bits per heavy atom. The number of para-hydroxylation sites is 1. The van der Waals surface area contributed by atoms with Crippen molar-refractivity contribution in [1.82, 2.24) is 5.43 Å². The van der Waals surface area contributed by atoms with Crippen LogP contribution >= 0.6 is 12.4 Å². The number of hydrazine groups is 1. The number of halogens is 1. The third kappa shape index (κ3) is 2.78. The van der Waals surface area contributed by atoms with Crippen molar-refractivity contribution < 1.29 is 0 Å². The maximum absolute atomic E-state index is 3.03. The fourth-order valence-corrected chi connectivity index (χ4v) is 0.848. The lowest BCUT2D eigenvalue weighted by atomic mass is 10.2. The molecule has 0 heterocycles. The van der Waals surface area contributed by atoms with Gasteiger partial charge in [-0.25, -0.2) is 5.43 Å². The van der Waals surface area contributed by atoms with Gasteiger partial charge in [-0.2, -0.15) is 0 Å². The summed E-state index contributed by atoms with van der Waals surface area (Å²) in [5.74, 6) is 0. The molecule has 0 aromatic heterocycles. The van der Waals surface area contributed by atoms with Crippen LogP contribution in [0.1, 0.15) is 5.56 Å². The van der Waals surface area contributed by atoms with Gasteiger partial charge >= 0.3 is 0 Å². The second kappa shape index (κ2) is 4.99. The molecule has 1 aromatic carbocycles. The highest BCUT2D eigenvalue weighted by Crippen LogP contribution is 2.10. The molecule has 0 aliphatic rings. The summed E-state index contributed by atoms with van der Waals surface area (Å²) in [7, 11) is 1.85. The highest BCUT2D eigenvalue weighted by Gasteiger charge is 1.90. The molecule has 0 saturated heterocycles. The van der Waals surface area contributed by atoms with Crippen LogP contribution in [0.15, 0.2) is 24.3 Å². The SMILES string of the molecule is CNNc1ccccc1C.Cl. The van der Waals surface area contributed by atoms with Gasteiger partial charge in [0.2, 0.25) is 0 Å². The normalized spacial score (nSPS) is 8.55. The van der Waals surface area contributed by atoms with Crippen LogP contribution in [0.3, 0.4) is 0 Å². The molecule has 0 aliphatic carbocycles. The zero-order valence-electron chi connectivity index (χ0n) is 6.72. The van der Waals surface area contributed by atoms with Gasteiger partial charge in [0.1, 0.15) is 0 Å². The molecule has 2 nitrogen and oxygen atoms in total. The molecule has 2 N–H and O–H groups in total. The van der Waals surface area contributed by atoms with E-state index in [4.69, 9.17) is 0 Å². The van der Waals surface area contributed by atoms with Crippen molar-refractivity contribution in [1.29, 1.82) is 0 Å². The smallest absolute Gasteiger partial charge is 0.0516 e. The van der Waals surface area contributed by atoms with E-state index in [1.165, 1.54) is 5.56 Å². The monoisotopic (exact) mass is 172 g/mol. The molecule has 0 aliphatic heterocycles. The van der Waals surface area contributed by atoms with Crippen molar-refractivity contribution in [3.63, 3.8) is 0 Å². The van der Waals surface area contributed by atoms with E-state index >= 15 is 0 Å². The first kappa shape index (κ1) is 10.3. The van der Waals surface area contributed by atoms with Crippen LogP contribution in [0.25, 0.3) is 0 Å². The zero-order valence-corrected chi connectivity index (χ0v) is 7.53. The Balaban J connectivity index is 0.000001000. The van der Waals surface area contributed by atoms with E-state index < -0.39 is 0 Å². The lowest BCUT2D eigenvalue weighted by molar-refractivity contribution is 0.980. The third-order valence-electron chi connectivity index (χ3n) is 1.40. The van der Waals surface area contributed by atoms with Gasteiger partial charge in [-0.3, -0.25) is 0 Å². The molecule has 0 fully saturated rings. The van der Waals surface area contributed by atoms with Gasteiger partial charge < -0.3 is 5.43 Å². The van der Waals surface area contributed by atoms with Crippen LogP contribution in [0, 0.1) is 6.92 Å². The maximum Gasteiger partial charge on any atom is 0.0516 e. The van der Waals surface area contributed by atoms with Crippen LogP contribution in [0.2, 0.25) is 0 Å². The van der Waals surface area contributed by atoms with Gasteiger partial charge in [-0.15, -0.1) is 12.4 Å². The fraction of sp³-hybridized carbons (Fsp3) is 0.250. The molecule has 0 saturated carbocycles. The molecule has 11 heavy (non-hydrogen) atoms. The van der Waals surface area contributed by atoms with Crippen molar-refractivity contribution in [3.05, 3.63) is 29.8 Å². The van der Waals surface area contributed by atoms with Crippen molar-refractivity contribution in [3.8, 4) is 0 Å². The summed E-state index contributed by atoms with van der Waals surface area (Å²) in [6, 6.07) is 8.13. The summed E-state index contributed by atoms with van der Waals surface area (Å²) in [5, 5.41) is 0. The number of aryl methyl sites for hydroxylation is 1. The highest BCUT2D eigenvalue weighted by molar-refractivity contribution is 5.85. The molecule has 1 rings (SSSR count). The highest BCUT2D eigenvalue weighted by atomic mass is 35.5. The van der Waals surface area contributed by atoms with Crippen LogP contribution < -0.4 is 10.9 Å². The average Bonchev–Trinajstić information content (AvgIpc) is 1.94. The minimum absolute atomic E-state index is 0. The van der Waals surface area contributed by atoms with Crippen LogP contribution in [-0.4, -0.2) is 7.05 Å². The van der Waals surface area contributed by atoms with Gasteiger partial charge in [0, 0.05) is 7.05 Å². The predicted octanol–water partition coefficient (Wildman–Crippen LogP) is 1.96. The summed E-state index contributed by atoms with van der Waals surface area (Å²) in [4.78, 5) is 0. The Morgan fingerprint density at radius 2 is 1.82 bits per heavy atom. The van der Waals surface area contributed by atoms with E-state index in [1.807, 2.05) is 25.2 Å². The lowest BCUT2D eigenvalue weighted by Crippen LogP contribution is -2.15. The number of rotatable bonds is 2. The Kier molecular flexibility index (Phi) is 4.66. The number of nitrogens with one attached hydrogen (secondary N) is 2. The summed E-state index contributed by atoms with van der Waals surface area (Å²) in [6.07, 6.45) is 0. The summed E-state index contributed by atoms with van der Waals surface area (Å²) >= 11 is 0. The average molecular weight is 173 g/mol. The van der Waals surface area contributed by atoms with Crippen molar-refractivity contribution in [2.24, 2.45) is 0 Å². The molecule has 1 aromatic rings. The van der Waals surface area contributed by atoms with E-state index in [-0.39, 0.29) is 12.4 Å². The van der Waals surface area contributed by atoms with E-state index in [2.05, 4.69) is 23.8 Å². The standard InChI is InChI=1S/C8H12N2.ClH/c1-7-5-3-4-6-8(7)10-9-2;/h3-6,9-10H,1-2H3;1H. The first-order valence-electron chi connectivity index (χ1n) is 3.33. The van der Waals surface area contributed by atoms with Crippen LogP contribution in [0.4, 0.5) is 5.69 Å². The molecule has 3 heteroatoms. The van der Waals surface area contributed by atoms with Crippen molar-refractivity contribution in [2.45, 2.75) is 6.92 Å². The Hall–Kier alpha value is -0.730. The largest absolute Gasteiger partial charge is 0.321 e. The van der Waals surface area contributed by atoms with Crippen LogP contribution in [-0.2, 0) is 0 Å². The summed E-state index contributed by atoms with van der Waals surface area (Å²) in [5.41, 5.74) is 8.28. The number of benzene rings is 1. The van der Waals surface area contributed by atoms with Crippen molar-refractivity contribution >= 4 is 18.1 Å². The quantitative estimate of drug-likeness (QED) is 0.667. The Morgan fingerprint density at radius 1 is 1.18 bits per heavy atom. The second-order valence-electron chi connectivity index (χ2n) is 2.19.